The Hall–Kier alpha value is -0.570. The Bertz CT molecular complexity index is 103. The zero-order valence-corrected chi connectivity index (χ0v) is 5.79. The van der Waals surface area contributed by atoms with E-state index in [1.165, 1.54) is 0 Å². The minimum absolute atomic E-state index is 0.0718. The van der Waals surface area contributed by atoms with Crippen molar-refractivity contribution in [2.75, 3.05) is 0 Å². The number of carbonyl (C=O) groups is 1. The lowest BCUT2D eigenvalue weighted by Crippen LogP contribution is -2.36. The summed E-state index contributed by atoms with van der Waals surface area (Å²) < 4.78 is 0. The highest BCUT2D eigenvalue weighted by Gasteiger charge is 2.17. The molecule has 2 atom stereocenters. The third-order valence-electron chi connectivity index (χ3n) is 1.54. The summed E-state index contributed by atoms with van der Waals surface area (Å²) in [6, 6.07) is -0.699. The molecule has 0 aliphatic carbocycles. The summed E-state index contributed by atoms with van der Waals surface area (Å²) in [6.07, 6.45) is 0.813. The van der Waals surface area contributed by atoms with Gasteiger partial charge in [0.25, 0.3) is 0 Å². The van der Waals surface area contributed by atoms with Crippen molar-refractivity contribution in [1.29, 1.82) is 0 Å². The Balaban J connectivity index is 3.72. The number of nitrogens with two attached hydrogens (primary N) is 1. The lowest BCUT2D eigenvalue weighted by molar-refractivity contribution is -0.139. The lowest BCUT2D eigenvalue weighted by atomic mass is 10.1. The molecule has 0 spiro atoms. The molecule has 0 heterocycles. The Morgan fingerprint density at radius 2 is 2.22 bits per heavy atom. The first-order valence-corrected chi connectivity index (χ1v) is 3.08. The van der Waals surface area contributed by atoms with Gasteiger partial charge in [-0.2, -0.15) is 0 Å². The molecule has 9 heavy (non-hydrogen) atoms. The van der Waals surface area contributed by atoms with Crippen LogP contribution in [0.5, 0.6) is 0 Å². The summed E-state index contributed by atoms with van der Waals surface area (Å²) in [5.74, 6) is -0.841. The number of carboxylic acids is 1. The molecule has 0 amide bonds. The molecule has 54 valence electrons. The lowest BCUT2D eigenvalue weighted by Gasteiger charge is -2.11. The van der Waals surface area contributed by atoms with Gasteiger partial charge in [0.1, 0.15) is 6.04 Å². The van der Waals surface area contributed by atoms with Crippen LogP contribution in [0.2, 0.25) is 0 Å². The normalized spacial score (nSPS) is 16.8. The van der Waals surface area contributed by atoms with Crippen LogP contribution < -0.4 is 5.73 Å². The predicted molar refractivity (Wildman–Crippen MR) is 35.1 cm³/mol. The molecule has 0 aliphatic heterocycles. The molecule has 0 saturated carbocycles. The highest BCUT2D eigenvalue weighted by atomic mass is 16.6. The molecule has 0 rings (SSSR count). The van der Waals surface area contributed by atoms with Crippen molar-refractivity contribution < 1.29 is 9.90 Å². The standard InChI is InChI=1S/C6H13NO2/c1-3-4(2)5(7)6(8)9/h4-5H,3,7H2,1-2H3,(H,8,9)/t4-,5-/m0/s1/i6+2. The van der Waals surface area contributed by atoms with Crippen LogP contribution >= 0.6 is 0 Å². The second-order valence-corrected chi connectivity index (χ2v) is 2.25. The van der Waals surface area contributed by atoms with Crippen molar-refractivity contribution in [3.05, 3.63) is 0 Å². The molecule has 0 radical (unpaired) electrons. The first-order valence-electron chi connectivity index (χ1n) is 3.08. The van der Waals surface area contributed by atoms with E-state index in [1.54, 1.807) is 0 Å². The van der Waals surface area contributed by atoms with Gasteiger partial charge in [-0.1, -0.05) is 20.3 Å². The summed E-state index contributed by atoms with van der Waals surface area (Å²) in [6.45, 7) is 3.76. The van der Waals surface area contributed by atoms with Crippen molar-refractivity contribution in [2.45, 2.75) is 26.3 Å². The van der Waals surface area contributed by atoms with Crippen LogP contribution in [0, 0.1) is 5.92 Å². The van der Waals surface area contributed by atoms with Crippen molar-refractivity contribution >= 4 is 5.97 Å². The smallest absolute Gasteiger partial charge is 0.320 e. The third kappa shape index (κ3) is 2.46. The van der Waals surface area contributed by atoms with Gasteiger partial charge in [-0.3, -0.25) is 4.79 Å². The molecular formula is C6H13NO2. The van der Waals surface area contributed by atoms with Gasteiger partial charge in [0, 0.05) is 0 Å². The largest absolute Gasteiger partial charge is 0.480 e. The molecule has 0 saturated heterocycles. The number of rotatable bonds is 3. The van der Waals surface area contributed by atoms with E-state index in [1.807, 2.05) is 13.8 Å². The molecule has 0 bridgehead atoms. The topological polar surface area (TPSA) is 63.3 Å². The average molecular weight is 133 g/mol. The van der Waals surface area contributed by atoms with E-state index < -0.39 is 12.0 Å². The molecule has 0 aliphatic rings. The maximum Gasteiger partial charge on any atom is 0.320 e. The summed E-state index contributed by atoms with van der Waals surface area (Å²) in [5, 5.41) is 8.36. The first-order chi connectivity index (χ1) is 4.09. The van der Waals surface area contributed by atoms with Gasteiger partial charge >= 0.3 is 5.97 Å². The second kappa shape index (κ2) is 3.45. The molecule has 0 unspecified atom stereocenters. The van der Waals surface area contributed by atoms with E-state index in [-0.39, 0.29) is 5.92 Å². The molecule has 3 N–H and O–H groups in total. The van der Waals surface area contributed by atoms with Gasteiger partial charge in [0.15, 0.2) is 0 Å². The predicted octanol–water partition coefficient (Wildman–Crippen LogP) is 0.444. The minimum atomic E-state index is -0.913. The van der Waals surface area contributed by atoms with Crippen LogP contribution in [0.4, 0.5) is 0 Å². The molecule has 0 fully saturated rings. The summed E-state index contributed by atoms with van der Waals surface area (Å²) in [5.41, 5.74) is 5.27. The Labute approximate surface area is 54.9 Å². The highest BCUT2D eigenvalue weighted by Crippen LogP contribution is 2.04. The number of carboxylic acid groups (broad SMARTS) is 1. The maximum atomic E-state index is 10.2. The minimum Gasteiger partial charge on any atom is -0.480 e. The quantitative estimate of drug-likeness (QED) is 0.587. The van der Waals surface area contributed by atoms with Crippen LogP contribution in [0.3, 0.4) is 0 Å². The van der Waals surface area contributed by atoms with Crippen LogP contribution in [-0.4, -0.2) is 17.1 Å². The van der Waals surface area contributed by atoms with Gasteiger partial charge in [-0.25, -0.2) is 0 Å². The van der Waals surface area contributed by atoms with E-state index in [9.17, 15) is 4.79 Å². The van der Waals surface area contributed by atoms with Gasteiger partial charge in [-0.15, -0.1) is 0 Å². The fourth-order valence-electron chi connectivity index (χ4n) is 0.497. The van der Waals surface area contributed by atoms with E-state index >= 15 is 0 Å². The van der Waals surface area contributed by atoms with Crippen LogP contribution in [0.25, 0.3) is 0 Å². The highest BCUT2D eigenvalue weighted by molar-refractivity contribution is 5.73. The third-order valence-corrected chi connectivity index (χ3v) is 1.54. The van der Waals surface area contributed by atoms with Crippen molar-refractivity contribution in [3.8, 4) is 0 Å². The Morgan fingerprint density at radius 1 is 1.78 bits per heavy atom. The Kier molecular flexibility index (Phi) is 3.24. The number of hydrogen-bond acceptors (Lipinski definition) is 2. The van der Waals surface area contributed by atoms with Crippen molar-refractivity contribution in [2.24, 2.45) is 11.7 Å². The SMILES string of the molecule is CC[C@H](C)[C@H](N)[14C](=O)O. The number of hydrogen-bond donors (Lipinski definition) is 2. The van der Waals surface area contributed by atoms with Crippen LogP contribution in [0.1, 0.15) is 20.3 Å². The summed E-state index contributed by atoms with van der Waals surface area (Å²) >= 11 is 0. The van der Waals surface area contributed by atoms with E-state index in [0.29, 0.717) is 0 Å². The molecule has 0 aromatic rings. The van der Waals surface area contributed by atoms with Gasteiger partial charge in [0.2, 0.25) is 0 Å². The molecule has 0 aromatic carbocycles. The molecule has 3 nitrogen and oxygen atoms in total. The van der Waals surface area contributed by atoms with Gasteiger partial charge in [0.05, 0.1) is 0 Å². The molecular weight excluding hydrogens is 120 g/mol. The average Bonchev–Trinajstić information content (AvgIpc) is 1.84. The van der Waals surface area contributed by atoms with E-state index in [4.69, 9.17) is 10.8 Å². The van der Waals surface area contributed by atoms with Crippen LogP contribution in [0.15, 0.2) is 0 Å². The van der Waals surface area contributed by atoms with E-state index in [2.05, 4.69) is 0 Å². The second-order valence-electron chi connectivity index (χ2n) is 2.25. The molecule has 0 aromatic heterocycles. The summed E-state index contributed by atoms with van der Waals surface area (Å²) in [4.78, 5) is 10.2. The first kappa shape index (κ1) is 8.43. The Morgan fingerprint density at radius 3 is 2.33 bits per heavy atom. The maximum absolute atomic E-state index is 10.2. The van der Waals surface area contributed by atoms with E-state index in [0.717, 1.165) is 6.42 Å². The molecule has 3 heteroatoms. The van der Waals surface area contributed by atoms with Crippen LogP contribution in [-0.2, 0) is 4.79 Å². The zero-order chi connectivity index (χ0) is 7.44. The fourth-order valence-corrected chi connectivity index (χ4v) is 0.497. The monoisotopic (exact) mass is 133 g/mol. The zero-order valence-electron chi connectivity index (χ0n) is 5.79. The number of aliphatic carboxylic acids is 1. The van der Waals surface area contributed by atoms with Gasteiger partial charge in [-0.05, 0) is 5.92 Å². The fraction of sp³-hybridized carbons (Fsp3) is 0.833. The van der Waals surface area contributed by atoms with Gasteiger partial charge < -0.3 is 10.8 Å². The van der Waals surface area contributed by atoms with Crippen molar-refractivity contribution in [3.63, 3.8) is 0 Å². The van der Waals surface area contributed by atoms with Crippen molar-refractivity contribution in [1.82, 2.24) is 0 Å². The summed E-state index contributed by atoms with van der Waals surface area (Å²) in [7, 11) is 0.